The first-order valence-electron chi connectivity index (χ1n) is 9.80. The number of carbonyl (C=O) groups excluding carboxylic acids is 1. The van der Waals surface area contributed by atoms with E-state index in [1.165, 1.54) is 16.0 Å². The Hall–Kier alpha value is -3.56. The van der Waals surface area contributed by atoms with Crippen molar-refractivity contribution in [3.8, 4) is 22.8 Å². The molecule has 0 radical (unpaired) electrons. The smallest absolute Gasteiger partial charge is 0.283 e. The summed E-state index contributed by atoms with van der Waals surface area (Å²) in [5, 5.41) is 7.68. The number of nitrogens with zero attached hydrogens (tertiary/aromatic N) is 2. The SMILES string of the molecule is O=C(c1cccc2c1OCCO2)n1nc(-c2ccc[nH]c2=O)cc1NCc1ccc(Cl)s1. The van der Waals surface area contributed by atoms with E-state index in [0.29, 0.717) is 58.2 Å². The zero-order valence-corrected chi connectivity index (χ0v) is 18.2. The molecule has 4 heterocycles. The Morgan fingerprint density at radius 3 is 2.88 bits per heavy atom. The first kappa shape index (κ1) is 20.3. The van der Waals surface area contributed by atoms with Crippen LogP contribution in [0.4, 0.5) is 5.82 Å². The topological polar surface area (TPSA) is 98.2 Å². The Kier molecular flexibility index (Phi) is 5.42. The Balaban J connectivity index is 1.56. The van der Waals surface area contributed by atoms with Gasteiger partial charge in [-0.25, -0.2) is 0 Å². The van der Waals surface area contributed by atoms with E-state index in [2.05, 4.69) is 15.4 Å². The maximum absolute atomic E-state index is 13.5. The van der Waals surface area contributed by atoms with Crippen molar-refractivity contribution in [3.63, 3.8) is 0 Å². The van der Waals surface area contributed by atoms with Crippen LogP contribution in [-0.4, -0.2) is 33.9 Å². The molecular formula is C22H17ClN4O4S. The fourth-order valence-corrected chi connectivity index (χ4v) is 4.42. The molecule has 2 N–H and O–H groups in total. The number of rotatable bonds is 5. The van der Waals surface area contributed by atoms with E-state index in [9.17, 15) is 9.59 Å². The zero-order valence-electron chi connectivity index (χ0n) is 16.6. The highest BCUT2D eigenvalue weighted by molar-refractivity contribution is 7.16. The van der Waals surface area contributed by atoms with E-state index in [-0.39, 0.29) is 5.56 Å². The third kappa shape index (κ3) is 3.88. The number of benzene rings is 1. The quantitative estimate of drug-likeness (QED) is 0.459. The number of hydrogen-bond acceptors (Lipinski definition) is 7. The van der Waals surface area contributed by atoms with Crippen LogP contribution in [0.1, 0.15) is 15.2 Å². The monoisotopic (exact) mass is 468 g/mol. The van der Waals surface area contributed by atoms with Crippen molar-refractivity contribution in [2.75, 3.05) is 18.5 Å². The summed E-state index contributed by atoms with van der Waals surface area (Å²) in [5.41, 5.74) is 0.751. The molecule has 0 amide bonds. The lowest BCUT2D eigenvalue weighted by Crippen LogP contribution is -2.22. The minimum absolute atomic E-state index is 0.296. The molecule has 1 aliphatic heterocycles. The third-order valence-corrected chi connectivity index (χ3v) is 6.10. The van der Waals surface area contributed by atoms with Crippen LogP contribution in [0.3, 0.4) is 0 Å². The molecular weight excluding hydrogens is 452 g/mol. The molecule has 8 nitrogen and oxygen atoms in total. The number of pyridine rings is 1. The van der Waals surface area contributed by atoms with E-state index >= 15 is 0 Å². The average Bonchev–Trinajstić information content (AvgIpc) is 3.43. The van der Waals surface area contributed by atoms with Crippen LogP contribution in [0.15, 0.2) is 59.5 Å². The first-order chi connectivity index (χ1) is 15.6. The third-order valence-electron chi connectivity index (χ3n) is 4.87. The molecule has 0 fully saturated rings. The Morgan fingerprint density at radius 1 is 1.19 bits per heavy atom. The van der Waals surface area contributed by atoms with Crippen LogP contribution in [-0.2, 0) is 6.54 Å². The number of anilines is 1. The van der Waals surface area contributed by atoms with E-state index in [1.54, 1.807) is 42.6 Å². The summed E-state index contributed by atoms with van der Waals surface area (Å²) in [6.07, 6.45) is 1.54. The fourth-order valence-electron chi connectivity index (χ4n) is 3.40. The second-order valence-electron chi connectivity index (χ2n) is 6.93. The highest BCUT2D eigenvalue weighted by Gasteiger charge is 2.25. The minimum atomic E-state index is -0.405. The lowest BCUT2D eigenvalue weighted by atomic mass is 10.1. The zero-order chi connectivity index (χ0) is 22.1. The summed E-state index contributed by atoms with van der Waals surface area (Å²) < 4.78 is 13.2. The van der Waals surface area contributed by atoms with Gasteiger partial charge in [-0.2, -0.15) is 9.78 Å². The van der Waals surface area contributed by atoms with Gasteiger partial charge in [0, 0.05) is 17.1 Å². The van der Waals surface area contributed by atoms with Crippen molar-refractivity contribution < 1.29 is 14.3 Å². The average molecular weight is 469 g/mol. The van der Waals surface area contributed by atoms with Crippen LogP contribution >= 0.6 is 22.9 Å². The number of halogens is 1. The molecule has 0 spiro atoms. The normalized spacial score (nSPS) is 12.5. The standard InChI is InChI=1S/C22H17ClN4O4S/c23-18-7-6-13(32-18)12-25-19-11-16(14-4-2-8-24-21(14)28)26-27(19)22(29)15-3-1-5-17-20(15)31-10-9-30-17/h1-8,11,25H,9-10,12H2,(H,24,28). The maximum atomic E-state index is 13.5. The number of nitrogens with one attached hydrogen (secondary N) is 2. The predicted molar refractivity (Wildman–Crippen MR) is 122 cm³/mol. The van der Waals surface area contributed by atoms with Crippen LogP contribution in [0.5, 0.6) is 11.5 Å². The lowest BCUT2D eigenvalue weighted by molar-refractivity contribution is 0.0936. The Labute approximate surface area is 191 Å². The molecule has 0 aliphatic carbocycles. The number of aromatic amines is 1. The van der Waals surface area contributed by atoms with Gasteiger partial charge in [-0.05, 0) is 36.4 Å². The molecule has 162 valence electrons. The van der Waals surface area contributed by atoms with Crippen LogP contribution < -0.4 is 20.3 Å². The van der Waals surface area contributed by atoms with Crippen molar-refractivity contribution in [2.45, 2.75) is 6.54 Å². The van der Waals surface area contributed by atoms with E-state index < -0.39 is 5.91 Å². The number of hydrogen-bond donors (Lipinski definition) is 2. The molecule has 0 saturated heterocycles. The second kappa shape index (κ2) is 8.52. The number of aromatic nitrogens is 3. The lowest BCUT2D eigenvalue weighted by Gasteiger charge is -2.20. The molecule has 0 unspecified atom stereocenters. The molecule has 5 rings (SSSR count). The van der Waals surface area contributed by atoms with Gasteiger partial charge >= 0.3 is 0 Å². The van der Waals surface area contributed by atoms with Gasteiger partial charge in [0.2, 0.25) is 0 Å². The number of thiophene rings is 1. The van der Waals surface area contributed by atoms with E-state index in [0.717, 1.165) is 4.88 Å². The van der Waals surface area contributed by atoms with Crippen molar-refractivity contribution in [2.24, 2.45) is 0 Å². The molecule has 1 aliphatic rings. The predicted octanol–water partition coefficient (Wildman–Crippen LogP) is 4.03. The fraction of sp³-hybridized carbons (Fsp3) is 0.136. The second-order valence-corrected chi connectivity index (χ2v) is 8.73. The highest BCUT2D eigenvalue weighted by atomic mass is 35.5. The number of ether oxygens (including phenoxy) is 2. The highest BCUT2D eigenvalue weighted by Crippen LogP contribution is 2.35. The number of fused-ring (bicyclic) bond motifs is 1. The summed E-state index contributed by atoms with van der Waals surface area (Å²) in [7, 11) is 0. The van der Waals surface area contributed by atoms with Crippen molar-refractivity contribution in [1.82, 2.24) is 14.8 Å². The first-order valence-corrected chi connectivity index (χ1v) is 11.0. The van der Waals surface area contributed by atoms with Gasteiger partial charge < -0.3 is 19.8 Å². The van der Waals surface area contributed by atoms with Gasteiger partial charge in [0.1, 0.15) is 24.7 Å². The summed E-state index contributed by atoms with van der Waals surface area (Å²) in [6.45, 7) is 1.21. The van der Waals surface area contributed by atoms with E-state index in [4.69, 9.17) is 21.1 Å². The Bertz CT molecular complexity index is 1360. The number of H-pyrrole nitrogens is 1. The van der Waals surface area contributed by atoms with Crippen molar-refractivity contribution >= 4 is 34.7 Å². The summed E-state index contributed by atoms with van der Waals surface area (Å²) in [6, 6.07) is 13.9. The summed E-state index contributed by atoms with van der Waals surface area (Å²) >= 11 is 7.47. The maximum Gasteiger partial charge on any atom is 0.283 e. The largest absolute Gasteiger partial charge is 0.486 e. The van der Waals surface area contributed by atoms with Gasteiger partial charge in [0.05, 0.1) is 22.0 Å². The summed E-state index contributed by atoms with van der Waals surface area (Å²) in [4.78, 5) is 29.4. The van der Waals surface area contributed by atoms with Crippen molar-refractivity contribution in [3.05, 3.63) is 79.9 Å². The molecule has 0 atom stereocenters. The molecule has 32 heavy (non-hydrogen) atoms. The summed E-state index contributed by atoms with van der Waals surface area (Å²) in [5.74, 6) is 0.927. The van der Waals surface area contributed by atoms with Gasteiger partial charge in [-0.1, -0.05) is 17.7 Å². The number of carbonyl (C=O) groups is 1. The minimum Gasteiger partial charge on any atom is -0.486 e. The molecule has 4 aromatic rings. The van der Waals surface area contributed by atoms with Crippen LogP contribution in [0.25, 0.3) is 11.3 Å². The van der Waals surface area contributed by atoms with Gasteiger partial charge in [-0.15, -0.1) is 11.3 Å². The van der Waals surface area contributed by atoms with Crippen molar-refractivity contribution in [1.29, 1.82) is 0 Å². The molecule has 3 aromatic heterocycles. The molecule has 10 heteroatoms. The number of para-hydroxylation sites is 1. The molecule has 1 aromatic carbocycles. The van der Waals surface area contributed by atoms with Gasteiger partial charge in [0.15, 0.2) is 11.5 Å². The Morgan fingerprint density at radius 2 is 2.06 bits per heavy atom. The van der Waals surface area contributed by atoms with E-state index in [1.807, 2.05) is 12.1 Å². The van der Waals surface area contributed by atoms with Crippen LogP contribution in [0.2, 0.25) is 4.34 Å². The molecule has 0 bridgehead atoms. The van der Waals surface area contributed by atoms with Gasteiger partial charge in [0.25, 0.3) is 11.5 Å². The van der Waals surface area contributed by atoms with Crippen LogP contribution in [0, 0.1) is 0 Å². The van der Waals surface area contributed by atoms with Gasteiger partial charge in [-0.3, -0.25) is 9.59 Å². The molecule has 0 saturated carbocycles.